The molecule has 1 N–H and O–H groups in total. The number of aromatic nitrogens is 1. The topological polar surface area (TPSA) is 92.5 Å². The summed E-state index contributed by atoms with van der Waals surface area (Å²) in [5.41, 5.74) is 0.856. The Bertz CT molecular complexity index is 842. The molecule has 8 heteroatoms. The first kappa shape index (κ1) is 20.1. The fourth-order valence-electron chi connectivity index (χ4n) is 2.47. The SMILES string of the molecule is CC(CCCN(C)C)NC(=O)c1cc(-c2ccc(S(C)(=O)=O)cc2)on1. The summed E-state index contributed by atoms with van der Waals surface area (Å²) in [6.45, 7) is 2.93. The smallest absolute Gasteiger partial charge is 0.273 e. The first-order valence-corrected chi connectivity index (χ1v) is 10.3. The summed E-state index contributed by atoms with van der Waals surface area (Å²) < 4.78 is 28.2. The van der Waals surface area contributed by atoms with Gasteiger partial charge in [-0.2, -0.15) is 0 Å². The van der Waals surface area contributed by atoms with Crippen LogP contribution in [0.1, 0.15) is 30.3 Å². The van der Waals surface area contributed by atoms with Crippen molar-refractivity contribution in [2.45, 2.75) is 30.7 Å². The van der Waals surface area contributed by atoms with Crippen LogP contribution in [-0.2, 0) is 9.84 Å². The average Bonchev–Trinajstić information content (AvgIpc) is 3.04. The van der Waals surface area contributed by atoms with Crippen LogP contribution >= 0.6 is 0 Å². The Hall–Kier alpha value is -2.19. The predicted octanol–water partition coefficient (Wildman–Crippen LogP) is 2.21. The van der Waals surface area contributed by atoms with E-state index in [1.165, 1.54) is 12.1 Å². The number of hydrogen-bond acceptors (Lipinski definition) is 6. The second kappa shape index (κ2) is 8.46. The van der Waals surface area contributed by atoms with Gasteiger partial charge in [-0.05, 0) is 64.7 Å². The van der Waals surface area contributed by atoms with Crippen LogP contribution in [0.25, 0.3) is 11.3 Å². The second-order valence-electron chi connectivity index (χ2n) is 6.69. The Morgan fingerprint density at radius 3 is 2.50 bits per heavy atom. The third kappa shape index (κ3) is 5.67. The zero-order valence-corrected chi connectivity index (χ0v) is 16.3. The molecule has 2 aromatic rings. The molecule has 0 saturated heterocycles. The van der Waals surface area contributed by atoms with E-state index in [1.54, 1.807) is 18.2 Å². The number of carbonyl (C=O) groups is 1. The van der Waals surface area contributed by atoms with Crippen molar-refractivity contribution in [2.75, 3.05) is 26.9 Å². The van der Waals surface area contributed by atoms with Gasteiger partial charge < -0.3 is 14.7 Å². The minimum Gasteiger partial charge on any atom is -0.355 e. The molecule has 1 amide bonds. The van der Waals surface area contributed by atoms with Gasteiger partial charge in [-0.1, -0.05) is 5.16 Å². The Morgan fingerprint density at radius 1 is 1.27 bits per heavy atom. The summed E-state index contributed by atoms with van der Waals surface area (Å²) in [4.78, 5) is 14.6. The van der Waals surface area contributed by atoms with Gasteiger partial charge in [0.05, 0.1) is 4.90 Å². The Morgan fingerprint density at radius 2 is 1.92 bits per heavy atom. The van der Waals surface area contributed by atoms with Gasteiger partial charge in [0.1, 0.15) is 0 Å². The Labute approximate surface area is 154 Å². The van der Waals surface area contributed by atoms with E-state index in [0.29, 0.717) is 11.3 Å². The maximum Gasteiger partial charge on any atom is 0.273 e. The van der Waals surface area contributed by atoms with Gasteiger partial charge in [-0.15, -0.1) is 0 Å². The van der Waals surface area contributed by atoms with Crippen molar-refractivity contribution >= 4 is 15.7 Å². The molecule has 0 radical (unpaired) electrons. The standard InChI is InChI=1S/C18H25N3O4S/c1-13(6-5-11-21(2)3)19-18(22)16-12-17(25-20-16)14-7-9-15(10-8-14)26(4,23)24/h7-10,12-13H,5-6,11H2,1-4H3,(H,19,22). The fraction of sp³-hybridized carbons (Fsp3) is 0.444. The zero-order valence-electron chi connectivity index (χ0n) is 15.5. The van der Waals surface area contributed by atoms with Crippen molar-refractivity contribution < 1.29 is 17.7 Å². The summed E-state index contributed by atoms with van der Waals surface area (Å²) in [6, 6.07) is 7.85. The molecule has 26 heavy (non-hydrogen) atoms. The zero-order chi connectivity index (χ0) is 19.3. The van der Waals surface area contributed by atoms with Crippen molar-refractivity contribution in [3.63, 3.8) is 0 Å². The highest BCUT2D eigenvalue weighted by Crippen LogP contribution is 2.22. The molecule has 1 atom stereocenters. The highest BCUT2D eigenvalue weighted by atomic mass is 32.2. The third-order valence-corrected chi connectivity index (χ3v) is 5.06. The van der Waals surface area contributed by atoms with Gasteiger partial charge in [0, 0.05) is 23.9 Å². The van der Waals surface area contributed by atoms with E-state index in [1.807, 2.05) is 21.0 Å². The van der Waals surface area contributed by atoms with E-state index in [9.17, 15) is 13.2 Å². The van der Waals surface area contributed by atoms with Crippen molar-refractivity contribution in [3.05, 3.63) is 36.0 Å². The van der Waals surface area contributed by atoms with Crippen LogP contribution in [0.15, 0.2) is 39.8 Å². The second-order valence-corrected chi connectivity index (χ2v) is 8.71. The molecule has 142 valence electrons. The summed E-state index contributed by atoms with van der Waals surface area (Å²) in [6.07, 6.45) is 3.02. The van der Waals surface area contributed by atoms with Crippen LogP contribution in [0.2, 0.25) is 0 Å². The molecule has 0 aliphatic carbocycles. The van der Waals surface area contributed by atoms with Crippen molar-refractivity contribution in [3.8, 4) is 11.3 Å². The number of carbonyl (C=O) groups excluding carboxylic acids is 1. The van der Waals surface area contributed by atoms with Crippen LogP contribution in [-0.4, -0.2) is 57.3 Å². The number of amides is 1. The van der Waals surface area contributed by atoms with E-state index in [4.69, 9.17) is 4.52 Å². The molecule has 0 spiro atoms. The summed E-state index contributed by atoms with van der Waals surface area (Å²) in [5, 5.41) is 6.72. The number of nitrogens with one attached hydrogen (secondary N) is 1. The van der Waals surface area contributed by atoms with E-state index in [2.05, 4.69) is 15.4 Å². The van der Waals surface area contributed by atoms with Crippen molar-refractivity contribution in [1.82, 2.24) is 15.4 Å². The monoisotopic (exact) mass is 379 g/mol. The van der Waals surface area contributed by atoms with Gasteiger partial charge in [0.2, 0.25) is 0 Å². The van der Waals surface area contributed by atoms with Gasteiger partial charge >= 0.3 is 0 Å². The Balaban J connectivity index is 1.99. The quantitative estimate of drug-likeness (QED) is 0.756. The molecule has 1 aromatic carbocycles. The molecule has 0 fully saturated rings. The number of rotatable bonds is 8. The fourth-order valence-corrected chi connectivity index (χ4v) is 3.10. The van der Waals surface area contributed by atoms with Crippen LogP contribution in [0, 0.1) is 0 Å². The Kier molecular flexibility index (Phi) is 6.55. The normalized spacial score (nSPS) is 13.0. The number of hydrogen-bond donors (Lipinski definition) is 1. The minimum absolute atomic E-state index is 0.0386. The molecule has 7 nitrogen and oxygen atoms in total. The van der Waals surface area contributed by atoms with Crippen LogP contribution in [0.4, 0.5) is 0 Å². The number of sulfone groups is 1. The van der Waals surface area contributed by atoms with Gasteiger partial charge in [-0.3, -0.25) is 4.79 Å². The van der Waals surface area contributed by atoms with Gasteiger partial charge in [0.25, 0.3) is 5.91 Å². The largest absolute Gasteiger partial charge is 0.355 e. The van der Waals surface area contributed by atoms with Crippen molar-refractivity contribution in [1.29, 1.82) is 0 Å². The molecule has 0 bridgehead atoms. The maximum absolute atomic E-state index is 12.3. The molecule has 0 aliphatic heterocycles. The lowest BCUT2D eigenvalue weighted by Crippen LogP contribution is -2.33. The van der Waals surface area contributed by atoms with Gasteiger partial charge in [0.15, 0.2) is 21.3 Å². The molecule has 1 heterocycles. The van der Waals surface area contributed by atoms with Crippen LogP contribution < -0.4 is 5.32 Å². The van der Waals surface area contributed by atoms with Crippen molar-refractivity contribution in [2.24, 2.45) is 0 Å². The average molecular weight is 379 g/mol. The number of nitrogens with zero attached hydrogens (tertiary/aromatic N) is 2. The minimum atomic E-state index is -3.25. The van der Waals surface area contributed by atoms with Crippen LogP contribution in [0.3, 0.4) is 0 Å². The van der Waals surface area contributed by atoms with E-state index >= 15 is 0 Å². The lowest BCUT2D eigenvalue weighted by Gasteiger charge is -2.14. The van der Waals surface area contributed by atoms with E-state index < -0.39 is 9.84 Å². The molecule has 0 aliphatic rings. The highest BCUT2D eigenvalue weighted by Gasteiger charge is 2.16. The van der Waals surface area contributed by atoms with Gasteiger partial charge in [-0.25, -0.2) is 8.42 Å². The molecule has 2 rings (SSSR count). The predicted molar refractivity (Wildman–Crippen MR) is 99.8 cm³/mol. The maximum atomic E-state index is 12.3. The van der Waals surface area contributed by atoms with E-state index in [0.717, 1.165) is 25.6 Å². The van der Waals surface area contributed by atoms with E-state index in [-0.39, 0.29) is 22.5 Å². The summed E-state index contributed by atoms with van der Waals surface area (Å²) in [7, 11) is 0.783. The third-order valence-electron chi connectivity index (χ3n) is 3.93. The number of benzene rings is 1. The highest BCUT2D eigenvalue weighted by molar-refractivity contribution is 7.90. The molecule has 1 aromatic heterocycles. The molecule has 0 saturated carbocycles. The first-order chi connectivity index (χ1) is 12.2. The lowest BCUT2D eigenvalue weighted by atomic mass is 10.1. The molecule has 1 unspecified atom stereocenters. The van der Waals surface area contributed by atoms with Crippen LogP contribution in [0.5, 0.6) is 0 Å². The lowest BCUT2D eigenvalue weighted by molar-refractivity contribution is 0.0928. The molecular formula is C18H25N3O4S. The summed E-state index contributed by atoms with van der Waals surface area (Å²) in [5.74, 6) is 0.126. The first-order valence-electron chi connectivity index (χ1n) is 8.39. The summed E-state index contributed by atoms with van der Waals surface area (Å²) >= 11 is 0. The molecular weight excluding hydrogens is 354 g/mol.